The van der Waals surface area contributed by atoms with Crippen molar-refractivity contribution in [3.05, 3.63) is 65.5 Å². The Kier molecular flexibility index (Phi) is 13.4. The first-order valence-corrected chi connectivity index (χ1v) is 13.6. The number of amides is 2. The fourth-order valence-corrected chi connectivity index (χ4v) is 4.35. The minimum absolute atomic E-state index is 0.0367. The Morgan fingerprint density at radius 2 is 1.72 bits per heavy atom. The molecule has 5 N–H and O–H groups in total. The molecular weight excluding hydrogens is 578 g/mol. The van der Waals surface area contributed by atoms with Crippen molar-refractivity contribution in [2.75, 3.05) is 6.54 Å². The molecule has 0 bridgehead atoms. The average Bonchev–Trinajstić information content (AvgIpc) is 3.44. The number of alkyl halides is 3. The van der Waals surface area contributed by atoms with E-state index in [1.54, 1.807) is 47.4 Å². The Morgan fingerprint density at radius 1 is 1.09 bits per heavy atom. The van der Waals surface area contributed by atoms with E-state index in [9.17, 15) is 37.1 Å². The van der Waals surface area contributed by atoms with Crippen LogP contribution in [0.2, 0.25) is 0 Å². The van der Waals surface area contributed by atoms with Crippen molar-refractivity contribution >= 4 is 23.8 Å². The van der Waals surface area contributed by atoms with E-state index >= 15 is 0 Å². The predicted molar refractivity (Wildman–Crippen MR) is 146 cm³/mol. The number of rotatable bonds is 12. The van der Waals surface area contributed by atoms with Gasteiger partial charge in [0.05, 0.1) is 0 Å². The van der Waals surface area contributed by atoms with Crippen LogP contribution < -0.4 is 15.8 Å². The van der Waals surface area contributed by atoms with E-state index in [-0.39, 0.29) is 37.0 Å². The lowest BCUT2D eigenvalue weighted by molar-refractivity contribution is -0.192. The minimum Gasteiger partial charge on any atom is -0.479 e. The van der Waals surface area contributed by atoms with E-state index in [4.69, 9.17) is 20.4 Å². The van der Waals surface area contributed by atoms with E-state index in [1.165, 1.54) is 6.07 Å². The average molecular weight is 614 g/mol. The van der Waals surface area contributed by atoms with Crippen LogP contribution in [0.15, 0.2) is 48.5 Å². The number of carbonyl (C=O) groups is 4. The van der Waals surface area contributed by atoms with Crippen LogP contribution in [0.3, 0.4) is 0 Å². The fourth-order valence-electron chi connectivity index (χ4n) is 4.35. The van der Waals surface area contributed by atoms with Gasteiger partial charge in [-0.2, -0.15) is 13.2 Å². The van der Waals surface area contributed by atoms with Gasteiger partial charge in [-0.15, -0.1) is 0 Å². The second kappa shape index (κ2) is 16.4. The van der Waals surface area contributed by atoms with Gasteiger partial charge in [-0.3, -0.25) is 9.59 Å². The lowest BCUT2D eigenvalue weighted by atomic mass is 10.0. The van der Waals surface area contributed by atoms with Gasteiger partial charge in [0.2, 0.25) is 11.8 Å². The molecule has 2 aromatic carbocycles. The number of hydrogen-bond donors (Lipinski definition) is 4. The molecule has 14 heteroatoms. The van der Waals surface area contributed by atoms with Gasteiger partial charge in [0.15, 0.2) is 6.10 Å². The largest absolute Gasteiger partial charge is 0.490 e. The molecule has 43 heavy (non-hydrogen) atoms. The summed E-state index contributed by atoms with van der Waals surface area (Å²) in [6.07, 6.45) is -3.30. The topological polar surface area (TPSA) is 159 Å². The van der Waals surface area contributed by atoms with Crippen molar-refractivity contribution in [2.45, 2.75) is 76.4 Å². The first-order valence-electron chi connectivity index (χ1n) is 13.6. The highest BCUT2D eigenvalue weighted by molar-refractivity contribution is 5.88. The number of halogens is 4. The summed E-state index contributed by atoms with van der Waals surface area (Å²) in [5, 5.41) is 19.2. The summed E-state index contributed by atoms with van der Waals surface area (Å²) < 4.78 is 51.2. The van der Waals surface area contributed by atoms with Crippen LogP contribution in [0.4, 0.5) is 17.6 Å². The van der Waals surface area contributed by atoms with Gasteiger partial charge < -0.3 is 30.9 Å². The summed E-state index contributed by atoms with van der Waals surface area (Å²) >= 11 is 0. The highest BCUT2D eigenvalue weighted by Gasteiger charge is 2.38. The molecule has 2 unspecified atom stereocenters. The smallest absolute Gasteiger partial charge is 0.479 e. The third kappa shape index (κ3) is 11.5. The second-order valence-electron chi connectivity index (χ2n) is 9.90. The number of hydrogen-bond acceptors (Lipinski definition) is 6. The van der Waals surface area contributed by atoms with Gasteiger partial charge in [0.1, 0.15) is 17.6 Å². The monoisotopic (exact) mass is 613 g/mol. The Bertz CT molecular complexity index is 1240. The molecule has 236 valence electrons. The zero-order chi connectivity index (χ0) is 32.2. The summed E-state index contributed by atoms with van der Waals surface area (Å²) in [5.74, 6) is -4.10. The van der Waals surface area contributed by atoms with E-state index < -0.39 is 36.3 Å². The Hall–Kier alpha value is -4.20. The van der Waals surface area contributed by atoms with Crippen LogP contribution in [0.5, 0.6) is 5.75 Å². The molecule has 0 aromatic heterocycles. The maximum Gasteiger partial charge on any atom is 0.490 e. The van der Waals surface area contributed by atoms with Crippen LogP contribution in [0.25, 0.3) is 0 Å². The molecule has 1 heterocycles. The standard InChI is InChI=1S/C27H34FN3O5.C2HF3O2/c1-2-6-24(27(34)35)36-21-12-10-18(11-13-21)17-30-26(33)23-9-5-14-31(23)25(32)16-20(29)15-19-7-3-4-8-22(19)28;3-2(4,5)1(6)7/h3-4,7-8,10-13,20,23-24H,2,5-6,9,14-17,29H2,1H3,(H,30,33)(H,34,35);(H,6,7)/t20?,23-,24?;/m0./s1. The normalized spacial score (nSPS) is 16.0. The van der Waals surface area contributed by atoms with Crippen molar-refractivity contribution in [2.24, 2.45) is 5.73 Å². The highest BCUT2D eigenvalue weighted by atomic mass is 19.4. The zero-order valence-corrected chi connectivity index (χ0v) is 23.5. The number of likely N-dealkylation sites (tertiary alicyclic amines) is 1. The SMILES string of the molecule is CCCC(Oc1ccc(CNC(=O)[C@@H]2CCCN2C(=O)CC(N)Cc2ccccc2F)cc1)C(=O)O.O=C(O)C(F)(F)F. The first-order chi connectivity index (χ1) is 20.2. The summed E-state index contributed by atoms with van der Waals surface area (Å²) in [6.45, 7) is 2.64. The fraction of sp³-hybridized carbons (Fsp3) is 0.448. The molecule has 0 radical (unpaired) electrons. The van der Waals surface area contributed by atoms with E-state index in [0.717, 1.165) is 12.0 Å². The zero-order valence-electron chi connectivity index (χ0n) is 23.5. The molecule has 0 saturated carbocycles. The Morgan fingerprint density at radius 3 is 2.28 bits per heavy atom. The molecule has 10 nitrogen and oxygen atoms in total. The van der Waals surface area contributed by atoms with E-state index in [1.807, 2.05) is 6.92 Å². The van der Waals surface area contributed by atoms with Crippen molar-refractivity contribution in [1.29, 1.82) is 0 Å². The van der Waals surface area contributed by atoms with Gasteiger partial charge >= 0.3 is 18.1 Å². The van der Waals surface area contributed by atoms with Crippen LogP contribution in [-0.2, 0) is 32.1 Å². The molecule has 2 aromatic rings. The maximum absolute atomic E-state index is 13.9. The molecule has 2 amide bonds. The molecule has 3 rings (SSSR count). The quantitative estimate of drug-likeness (QED) is 0.264. The van der Waals surface area contributed by atoms with Gasteiger partial charge in [-0.1, -0.05) is 43.7 Å². The van der Waals surface area contributed by atoms with Gasteiger partial charge in [-0.25, -0.2) is 14.0 Å². The van der Waals surface area contributed by atoms with Gasteiger partial charge in [-0.05, 0) is 55.0 Å². The van der Waals surface area contributed by atoms with Crippen LogP contribution in [-0.4, -0.2) is 69.8 Å². The van der Waals surface area contributed by atoms with Crippen LogP contribution in [0.1, 0.15) is 50.2 Å². The third-order valence-corrected chi connectivity index (χ3v) is 6.49. The summed E-state index contributed by atoms with van der Waals surface area (Å²) in [6, 6.07) is 12.1. The first kappa shape index (κ1) is 35.0. The molecular formula is C29H35F4N3O7. The maximum atomic E-state index is 13.9. The number of nitrogens with two attached hydrogens (primary N) is 1. The highest BCUT2D eigenvalue weighted by Crippen LogP contribution is 2.21. The molecule has 1 aliphatic heterocycles. The summed E-state index contributed by atoms with van der Waals surface area (Å²) in [7, 11) is 0. The van der Waals surface area contributed by atoms with E-state index in [2.05, 4.69) is 5.32 Å². The van der Waals surface area contributed by atoms with Gasteiger partial charge in [0, 0.05) is 25.6 Å². The van der Waals surface area contributed by atoms with Gasteiger partial charge in [0.25, 0.3) is 0 Å². The van der Waals surface area contributed by atoms with Crippen molar-refractivity contribution in [3.8, 4) is 5.75 Å². The number of nitrogens with zero attached hydrogens (tertiary/aromatic N) is 1. The second-order valence-corrected chi connectivity index (χ2v) is 9.90. The predicted octanol–water partition coefficient (Wildman–Crippen LogP) is 3.66. The summed E-state index contributed by atoms with van der Waals surface area (Å²) in [5.41, 5.74) is 7.40. The molecule has 0 spiro atoms. The number of benzene rings is 2. The van der Waals surface area contributed by atoms with Crippen molar-refractivity contribution in [3.63, 3.8) is 0 Å². The number of carboxylic acid groups (broad SMARTS) is 2. The molecule has 1 fully saturated rings. The number of ether oxygens (including phenoxy) is 1. The number of carboxylic acids is 2. The minimum atomic E-state index is -5.08. The molecule has 1 saturated heterocycles. The number of aliphatic carboxylic acids is 2. The number of nitrogens with one attached hydrogen (secondary N) is 1. The lowest BCUT2D eigenvalue weighted by Gasteiger charge is -2.25. The van der Waals surface area contributed by atoms with Crippen molar-refractivity contribution < 1.29 is 51.7 Å². The van der Waals surface area contributed by atoms with E-state index in [0.29, 0.717) is 37.1 Å². The lowest BCUT2D eigenvalue weighted by Crippen LogP contribution is -2.47. The van der Waals surface area contributed by atoms with Crippen LogP contribution >= 0.6 is 0 Å². The summed E-state index contributed by atoms with van der Waals surface area (Å²) in [4.78, 5) is 47.4. The Labute approximate surface area is 245 Å². The molecule has 3 atom stereocenters. The molecule has 1 aliphatic rings. The van der Waals surface area contributed by atoms with Crippen molar-refractivity contribution in [1.82, 2.24) is 10.2 Å². The number of carbonyl (C=O) groups excluding carboxylic acids is 2. The Balaban J connectivity index is 0.000000821. The third-order valence-electron chi connectivity index (χ3n) is 6.49. The molecule has 0 aliphatic carbocycles. The van der Waals surface area contributed by atoms with Crippen LogP contribution in [0, 0.1) is 5.82 Å².